The van der Waals surface area contributed by atoms with Crippen LogP contribution in [0.4, 0.5) is 5.69 Å². The highest BCUT2D eigenvalue weighted by Crippen LogP contribution is 2.20. The molecule has 6 heteroatoms. The van der Waals surface area contributed by atoms with Gasteiger partial charge in [0.1, 0.15) is 4.47 Å². The molecule has 1 unspecified atom stereocenters. The molecule has 94 valence electrons. The lowest BCUT2D eigenvalue weighted by molar-refractivity contribution is 0.261. The summed E-state index contributed by atoms with van der Waals surface area (Å²) in [5.74, 6) is 0. The maximum atomic E-state index is 11.7. The van der Waals surface area contributed by atoms with Crippen LogP contribution in [-0.2, 0) is 7.05 Å². The Hall–Kier alpha value is -0.880. The first kappa shape index (κ1) is 12.6. The number of likely N-dealkylation sites (N-methyl/N-ethyl adjacent to an activating group) is 1. The highest BCUT2D eigenvalue weighted by atomic mass is 79.9. The molecule has 0 radical (unpaired) electrons. The van der Waals surface area contributed by atoms with Crippen molar-refractivity contribution in [1.82, 2.24) is 14.7 Å². The highest BCUT2D eigenvalue weighted by molar-refractivity contribution is 9.10. The molecule has 2 rings (SSSR count). The summed E-state index contributed by atoms with van der Waals surface area (Å²) in [5.41, 5.74) is 0.674. The summed E-state index contributed by atoms with van der Waals surface area (Å²) in [6, 6.07) is 0.388. The SMILES string of the molecule is CN1CCCC(Nc2cnn(C)c(=O)c2Br)C1. The zero-order chi connectivity index (χ0) is 12.4. The molecule has 2 heterocycles. The fourth-order valence-electron chi connectivity index (χ4n) is 2.12. The molecule has 0 aliphatic carbocycles. The fraction of sp³-hybridized carbons (Fsp3) is 0.636. The van der Waals surface area contributed by atoms with Crippen molar-refractivity contribution in [2.75, 3.05) is 25.5 Å². The number of hydrogen-bond acceptors (Lipinski definition) is 4. The van der Waals surface area contributed by atoms with Crippen molar-refractivity contribution in [2.45, 2.75) is 18.9 Å². The van der Waals surface area contributed by atoms with Crippen LogP contribution < -0.4 is 10.9 Å². The summed E-state index contributed by atoms with van der Waals surface area (Å²) < 4.78 is 1.88. The maximum absolute atomic E-state index is 11.7. The van der Waals surface area contributed by atoms with E-state index in [1.807, 2.05) is 0 Å². The Balaban J connectivity index is 2.13. The number of anilines is 1. The predicted molar refractivity (Wildman–Crippen MR) is 71.3 cm³/mol. The van der Waals surface area contributed by atoms with E-state index in [-0.39, 0.29) is 5.56 Å². The van der Waals surface area contributed by atoms with Gasteiger partial charge in [0.2, 0.25) is 0 Å². The fourth-order valence-corrected chi connectivity index (χ4v) is 2.59. The van der Waals surface area contributed by atoms with Gasteiger partial charge in [-0.25, -0.2) is 4.68 Å². The van der Waals surface area contributed by atoms with Crippen LogP contribution in [0.3, 0.4) is 0 Å². The summed E-state index contributed by atoms with van der Waals surface area (Å²) in [4.78, 5) is 14.0. The summed E-state index contributed by atoms with van der Waals surface area (Å²) in [6.07, 6.45) is 4.01. The van der Waals surface area contributed by atoms with Crippen LogP contribution in [0.2, 0.25) is 0 Å². The molecule has 0 spiro atoms. The minimum atomic E-state index is -0.112. The van der Waals surface area contributed by atoms with Crippen molar-refractivity contribution in [3.05, 3.63) is 21.0 Å². The van der Waals surface area contributed by atoms with E-state index in [1.165, 1.54) is 11.1 Å². The second-order valence-electron chi connectivity index (χ2n) is 4.55. The maximum Gasteiger partial charge on any atom is 0.282 e. The van der Waals surface area contributed by atoms with E-state index in [0.29, 0.717) is 10.5 Å². The van der Waals surface area contributed by atoms with Crippen molar-refractivity contribution >= 4 is 21.6 Å². The molecule has 1 N–H and O–H groups in total. The number of nitrogens with one attached hydrogen (secondary N) is 1. The van der Waals surface area contributed by atoms with Gasteiger partial charge in [-0.2, -0.15) is 5.10 Å². The van der Waals surface area contributed by atoms with E-state index in [0.717, 1.165) is 25.2 Å². The molecule has 5 nitrogen and oxygen atoms in total. The summed E-state index contributed by atoms with van der Waals surface area (Å²) >= 11 is 3.32. The van der Waals surface area contributed by atoms with E-state index in [1.54, 1.807) is 13.2 Å². The van der Waals surface area contributed by atoms with Gasteiger partial charge in [0.25, 0.3) is 5.56 Å². The zero-order valence-electron chi connectivity index (χ0n) is 10.1. The molecule has 17 heavy (non-hydrogen) atoms. The molecule has 1 fully saturated rings. The second-order valence-corrected chi connectivity index (χ2v) is 5.34. The number of piperidine rings is 1. The van der Waals surface area contributed by atoms with Crippen LogP contribution in [0.25, 0.3) is 0 Å². The molecule has 0 bridgehead atoms. The number of aromatic nitrogens is 2. The lowest BCUT2D eigenvalue weighted by atomic mass is 10.1. The van der Waals surface area contributed by atoms with Gasteiger partial charge in [0, 0.05) is 19.6 Å². The Morgan fingerprint density at radius 1 is 1.53 bits per heavy atom. The number of rotatable bonds is 2. The van der Waals surface area contributed by atoms with Crippen LogP contribution in [-0.4, -0.2) is 40.9 Å². The van der Waals surface area contributed by atoms with Crippen LogP contribution in [0.15, 0.2) is 15.5 Å². The monoisotopic (exact) mass is 300 g/mol. The first-order valence-corrected chi connectivity index (χ1v) is 6.54. The van der Waals surface area contributed by atoms with Crippen LogP contribution >= 0.6 is 15.9 Å². The van der Waals surface area contributed by atoms with Gasteiger partial charge in [-0.15, -0.1) is 0 Å². The third-order valence-electron chi connectivity index (χ3n) is 3.06. The van der Waals surface area contributed by atoms with E-state index < -0.39 is 0 Å². The first-order valence-electron chi connectivity index (χ1n) is 5.75. The van der Waals surface area contributed by atoms with E-state index >= 15 is 0 Å². The van der Waals surface area contributed by atoms with Gasteiger partial charge >= 0.3 is 0 Å². The molecule has 1 saturated heterocycles. The molecule has 1 aromatic heterocycles. The molecule has 1 aromatic rings. The average molecular weight is 301 g/mol. The number of likely N-dealkylation sites (tertiary alicyclic amines) is 1. The predicted octanol–water partition coefficient (Wildman–Crippen LogP) is 1.05. The van der Waals surface area contributed by atoms with E-state index in [4.69, 9.17) is 0 Å². The number of nitrogens with zero attached hydrogens (tertiary/aromatic N) is 3. The molecule has 1 aliphatic heterocycles. The Morgan fingerprint density at radius 2 is 2.29 bits per heavy atom. The van der Waals surface area contributed by atoms with Crippen molar-refractivity contribution < 1.29 is 0 Å². The standard InChI is InChI=1S/C11H17BrN4O/c1-15-5-3-4-8(7-15)14-9-6-13-16(2)11(17)10(9)12/h6,8,14H,3-5,7H2,1-2H3. The first-order chi connectivity index (χ1) is 8.08. The molecule has 1 aliphatic rings. The number of aryl methyl sites for hydroxylation is 1. The molecule has 0 saturated carbocycles. The van der Waals surface area contributed by atoms with Crippen LogP contribution in [0.5, 0.6) is 0 Å². The summed E-state index contributed by atoms with van der Waals surface area (Å²) in [7, 11) is 3.76. The highest BCUT2D eigenvalue weighted by Gasteiger charge is 2.18. The van der Waals surface area contributed by atoms with Gasteiger partial charge in [-0.05, 0) is 42.4 Å². The van der Waals surface area contributed by atoms with Gasteiger partial charge in [-0.3, -0.25) is 4.79 Å². The van der Waals surface area contributed by atoms with E-state index in [9.17, 15) is 4.79 Å². The second kappa shape index (κ2) is 5.18. The van der Waals surface area contributed by atoms with Crippen LogP contribution in [0, 0.1) is 0 Å². The van der Waals surface area contributed by atoms with E-state index in [2.05, 4.69) is 38.3 Å². The van der Waals surface area contributed by atoms with Gasteiger partial charge in [0.05, 0.1) is 11.9 Å². The zero-order valence-corrected chi connectivity index (χ0v) is 11.7. The molecule has 1 atom stereocenters. The molecular weight excluding hydrogens is 284 g/mol. The smallest absolute Gasteiger partial charge is 0.282 e. The molecule has 0 amide bonds. The third kappa shape index (κ3) is 2.87. The molecular formula is C11H17BrN4O. The topological polar surface area (TPSA) is 50.2 Å². The van der Waals surface area contributed by atoms with Crippen molar-refractivity contribution in [3.63, 3.8) is 0 Å². The third-order valence-corrected chi connectivity index (χ3v) is 3.83. The Bertz CT molecular complexity index is 459. The van der Waals surface area contributed by atoms with Crippen LogP contribution in [0.1, 0.15) is 12.8 Å². The summed E-state index contributed by atoms with van der Waals surface area (Å²) in [6.45, 7) is 2.15. The van der Waals surface area contributed by atoms with Gasteiger partial charge in [-0.1, -0.05) is 0 Å². The lowest BCUT2D eigenvalue weighted by Crippen LogP contribution is -2.40. The van der Waals surface area contributed by atoms with Crippen molar-refractivity contribution in [2.24, 2.45) is 7.05 Å². The van der Waals surface area contributed by atoms with Crippen molar-refractivity contribution in [3.8, 4) is 0 Å². The number of hydrogen-bond donors (Lipinski definition) is 1. The average Bonchev–Trinajstić information content (AvgIpc) is 2.30. The van der Waals surface area contributed by atoms with Gasteiger partial charge in [0.15, 0.2) is 0 Å². The largest absolute Gasteiger partial charge is 0.379 e. The lowest BCUT2D eigenvalue weighted by Gasteiger charge is -2.30. The Kier molecular flexibility index (Phi) is 3.83. The Morgan fingerprint density at radius 3 is 3.00 bits per heavy atom. The van der Waals surface area contributed by atoms with Crippen molar-refractivity contribution in [1.29, 1.82) is 0 Å². The van der Waals surface area contributed by atoms with Gasteiger partial charge < -0.3 is 10.2 Å². The quantitative estimate of drug-likeness (QED) is 0.887. The number of halogens is 1. The Labute approximate surface area is 109 Å². The summed E-state index contributed by atoms with van der Waals surface area (Å²) in [5, 5.41) is 7.41. The molecule has 0 aromatic carbocycles. The minimum absolute atomic E-state index is 0.112. The normalized spacial score (nSPS) is 21.5. The minimum Gasteiger partial charge on any atom is -0.379 e.